The summed E-state index contributed by atoms with van der Waals surface area (Å²) in [5.41, 5.74) is 2.31. The lowest BCUT2D eigenvalue weighted by atomic mass is 10.2. The van der Waals surface area contributed by atoms with Gasteiger partial charge in [-0.25, -0.2) is 0 Å². The molecule has 0 saturated heterocycles. The molecular formula is C18H24Cl4N2. The molecule has 24 heavy (non-hydrogen) atoms. The minimum Gasteiger partial charge on any atom is -0.313 e. The number of nitrogens with one attached hydrogen (secondary N) is 2. The number of hydrogen-bond acceptors (Lipinski definition) is 2. The van der Waals surface area contributed by atoms with Crippen LogP contribution in [0.5, 0.6) is 0 Å². The minimum atomic E-state index is 0. The molecule has 0 atom stereocenters. The number of halogens is 4. The van der Waals surface area contributed by atoms with Crippen molar-refractivity contribution >= 4 is 48.0 Å². The molecule has 0 aliphatic carbocycles. The summed E-state index contributed by atoms with van der Waals surface area (Å²) in [6.45, 7) is 3.65. The zero-order valence-corrected chi connectivity index (χ0v) is 16.6. The lowest BCUT2D eigenvalue weighted by molar-refractivity contribution is 0.582. The van der Waals surface area contributed by atoms with Crippen molar-refractivity contribution in [3.63, 3.8) is 0 Å². The van der Waals surface area contributed by atoms with Gasteiger partial charge in [-0.3, -0.25) is 0 Å². The van der Waals surface area contributed by atoms with Crippen molar-refractivity contribution in [1.82, 2.24) is 10.6 Å². The van der Waals surface area contributed by atoms with Gasteiger partial charge in [-0.1, -0.05) is 59.6 Å². The average Bonchev–Trinajstić information content (AvgIpc) is 2.53. The fourth-order valence-corrected chi connectivity index (χ4v) is 2.63. The Morgan fingerprint density at radius 3 is 1.38 bits per heavy atom. The zero-order chi connectivity index (χ0) is 15.6. The smallest absolute Gasteiger partial charge is 0.0450 e. The summed E-state index contributed by atoms with van der Waals surface area (Å²) in [6, 6.07) is 15.9. The van der Waals surface area contributed by atoms with Crippen molar-refractivity contribution in [2.75, 3.05) is 13.1 Å². The van der Waals surface area contributed by atoms with E-state index in [1.165, 1.54) is 0 Å². The fraction of sp³-hybridized carbons (Fsp3) is 0.333. The van der Waals surface area contributed by atoms with Crippen molar-refractivity contribution in [3.8, 4) is 0 Å². The first-order valence-electron chi connectivity index (χ1n) is 7.65. The summed E-state index contributed by atoms with van der Waals surface area (Å²) < 4.78 is 0. The molecule has 2 rings (SSSR count). The maximum atomic E-state index is 6.12. The van der Waals surface area contributed by atoms with Crippen molar-refractivity contribution in [3.05, 3.63) is 69.7 Å². The Morgan fingerprint density at radius 2 is 1.00 bits per heavy atom. The lowest BCUT2D eigenvalue weighted by Gasteiger charge is -2.08. The monoisotopic (exact) mass is 408 g/mol. The van der Waals surface area contributed by atoms with Gasteiger partial charge < -0.3 is 10.6 Å². The Hall–Kier alpha value is -0.480. The van der Waals surface area contributed by atoms with Gasteiger partial charge in [0.15, 0.2) is 0 Å². The molecule has 6 heteroatoms. The largest absolute Gasteiger partial charge is 0.313 e. The molecule has 0 fully saturated rings. The van der Waals surface area contributed by atoms with Gasteiger partial charge in [-0.15, -0.1) is 24.8 Å². The maximum Gasteiger partial charge on any atom is 0.0450 e. The van der Waals surface area contributed by atoms with Crippen molar-refractivity contribution < 1.29 is 0 Å². The van der Waals surface area contributed by atoms with Gasteiger partial charge in [0.1, 0.15) is 0 Å². The fourth-order valence-electron chi connectivity index (χ4n) is 2.23. The predicted molar refractivity (Wildman–Crippen MR) is 110 cm³/mol. The second-order valence-electron chi connectivity index (χ2n) is 5.24. The van der Waals surface area contributed by atoms with E-state index in [2.05, 4.69) is 22.8 Å². The van der Waals surface area contributed by atoms with E-state index in [9.17, 15) is 0 Å². The zero-order valence-electron chi connectivity index (χ0n) is 13.4. The van der Waals surface area contributed by atoms with Gasteiger partial charge in [-0.05, 0) is 49.2 Å². The summed E-state index contributed by atoms with van der Waals surface area (Å²) in [5, 5.41) is 8.51. The number of rotatable bonds is 9. The second-order valence-corrected chi connectivity index (χ2v) is 6.06. The number of benzene rings is 2. The molecule has 2 nitrogen and oxygen atoms in total. The highest BCUT2D eigenvalue weighted by Crippen LogP contribution is 2.15. The first-order valence-corrected chi connectivity index (χ1v) is 8.41. The van der Waals surface area contributed by atoms with Crippen LogP contribution >= 0.6 is 48.0 Å². The van der Waals surface area contributed by atoms with Crippen molar-refractivity contribution in [2.45, 2.75) is 25.9 Å². The van der Waals surface area contributed by atoms with Crippen LogP contribution in [0, 0.1) is 0 Å². The highest BCUT2D eigenvalue weighted by molar-refractivity contribution is 6.31. The Morgan fingerprint density at radius 1 is 0.625 bits per heavy atom. The van der Waals surface area contributed by atoms with E-state index >= 15 is 0 Å². The summed E-state index contributed by atoms with van der Waals surface area (Å²) in [4.78, 5) is 0. The van der Waals surface area contributed by atoms with E-state index in [0.717, 1.165) is 60.2 Å². The van der Waals surface area contributed by atoms with Gasteiger partial charge in [0.25, 0.3) is 0 Å². The molecule has 134 valence electrons. The van der Waals surface area contributed by atoms with Gasteiger partial charge in [0, 0.05) is 23.1 Å². The highest BCUT2D eigenvalue weighted by Gasteiger charge is 1.99. The van der Waals surface area contributed by atoms with Crippen LogP contribution in [0.15, 0.2) is 48.5 Å². The highest BCUT2D eigenvalue weighted by atomic mass is 35.5. The van der Waals surface area contributed by atoms with Gasteiger partial charge in [0.05, 0.1) is 0 Å². The quantitative estimate of drug-likeness (QED) is 0.534. The Labute approximate surface area is 167 Å². The van der Waals surface area contributed by atoms with Crippen LogP contribution in [-0.4, -0.2) is 13.1 Å². The number of hydrogen-bond donors (Lipinski definition) is 2. The summed E-state index contributed by atoms with van der Waals surface area (Å²) in [6.07, 6.45) is 2.28. The van der Waals surface area contributed by atoms with E-state index in [0.29, 0.717) is 0 Å². The van der Waals surface area contributed by atoms with E-state index in [1.54, 1.807) is 0 Å². The van der Waals surface area contributed by atoms with Crippen LogP contribution in [-0.2, 0) is 13.1 Å². The van der Waals surface area contributed by atoms with E-state index in [-0.39, 0.29) is 24.8 Å². The topological polar surface area (TPSA) is 24.1 Å². The predicted octanol–water partition coefficient (Wildman–Crippen LogP) is 5.50. The third-order valence-electron chi connectivity index (χ3n) is 3.50. The molecule has 0 bridgehead atoms. The summed E-state index contributed by atoms with van der Waals surface area (Å²) in [7, 11) is 0. The van der Waals surface area contributed by atoms with Crippen LogP contribution < -0.4 is 10.6 Å². The molecular weight excluding hydrogens is 386 g/mol. The average molecular weight is 410 g/mol. The van der Waals surface area contributed by atoms with Gasteiger partial charge >= 0.3 is 0 Å². The third kappa shape index (κ3) is 8.57. The van der Waals surface area contributed by atoms with E-state index in [1.807, 2.05) is 36.4 Å². The lowest BCUT2D eigenvalue weighted by Crippen LogP contribution is -2.19. The van der Waals surface area contributed by atoms with Crippen LogP contribution in [0.25, 0.3) is 0 Å². The van der Waals surface area contributed by atoms with Gasteiger partial charge in [-0.2, -0.15) is 0 Å². The molecule has 2 aromatic rings. The van der Waals surface area contributed by atoms with Crippen LogP contribution in [0.4, 0.5) is 0 Å². The van der Waals surface area contributed by atoms with Crippen LogP contribution in [0.1, 0.15) is 24.0 Å². The molecule has 0 heterocycles. The normalized spacial score (nSPS) is 9.92. The van der Waals surface area contributed by atoms with Crippen molar-refractivity contribution in [1.29, 1.82) is 0 Å². The third-order valence-corrected chi connectivity index (χ3v) is 4.24. The molecule has 0 spiro atoms. The maximum absolute atomic E-state index is 6.12. The molecule has 0 amide bonds. The summed E-state index contributed by atoms with van der Waals surface area (Å²) in [5.74, 6) is 0. The van der Waals surface area contributed by atoms with Crippen molar-refractivity contribution in [2.24, 2.45) is 0 Å². The molecule has 0 saturated carbocycles. The van der Waals surface area contributed by atoms with E-state index < -0.39 is 0 Å². The van der Waals surface area contributed by atoms with E-state index in [4.69, 9.17) is 23.2 Å². The minimum absolute atomic E-state index is 0. The molecule has 0 radical (unpaired) electrons. The Bertz CT molecular complexity index is 527. The SMILES string of the molecule is Cl.Cl.Clc1ccccc1CNCCCCNCc1ccccc1Cl. The Kier molecular flexibility index (Phi) is 13.5. The Balaban J connectivity index is 0.00000264. The standard InChI is InChI=1S/C18H22Cl2N2.2ClH/c19-17-9-3-1-7-15(17)13-21-11-5-6-12-22-14-16-8-2-4-10-18(16)20;;/h1-4,7-10,21-22H,5-6,11-14H2;2*1H. The molecule has 2 N–H and O–H groups in total. The van der Waals surface area contributed by atoms with Crippen LogP contribution in [0.3, 0.4) is 0 Å². The molecule has 0 unspecified atom stereocenters. The molecule has 2 aromatic carbocycles. The number of unbranched alkanes of at least 4 members (excludes halogenated alkanes) is 1. The molecule has 0 aromatic heterocycles. The molecule has 0 aliphatic heterocycles. The molecule has 0 aliphatic rings. The van der Waals surface area contributed by atoms with Crippen LogP contribution in [0.2, 0.25) is 10.0 Å². The first kappa shape index (κ1) is 23.5. The second kappa shape index (κ2) is 13.8. The first-order chi connectivity index (χ1) is 10.8. The summed E-state index contributed by atoms with van der Waals surface area (Å²) >= 11 is 12.2. The van der Waals surface area contributed by atoms with Gasteiger partial charge in [0.2, 0.25) is 0 Å².